The number of para-hydroxylation sites is 1. The zero-order chi connectivity index (χ0) is 21.2. The highest BCUT2D eigenvalue weighted by molar-refractivity contribution is 8.00. The maximum Gasteiger partial charge on any atom is 0.338 e. The molecule has 0 aliphatic rings. The van der Waals surface area contributed by atoms with E-state index in [1.807, 2.05) is 13.8 Å². The Bertz CT molecular complexity index is 852. The van der Waals surface area contributed by atoms with Crippen molar-refractivity contribution in [3.05, 3.63) is 59.7 Å². The number of hydrogen-bond acceptors (Lipinski definition) is 6. The van der Waals surface area contributed by atoms with E-state index in [4.69, 9.17) is 15.2 Å². The fourth-order valence-electron chi connectivity index (χ4n) is 2.25. The number of carbonyl (C=O) groups excluding carboxylic acids is 3. The van der Waals surface area contributed by atoms with Crippen molar-refractivity contribution < 1.29 is 23.9 Å². The van der Waals surface area contributed by atoms with Gasteiger partial charge in [0.2, 0.25) is 5.91 Å². The van der Waals surface area contributed by atoms with Crippen LogP contribution in [0.1, 0.15) is 29.8 Å². The van der Waals surface area contributed by atoms with Crippen molar-refractivity contribution in [2.45, 2.75) is 31.5 Å². The van der Waals surface area contributed by atoms with E-state index in [0.717, 1.165) is 5.56 Å². The molecule has 7 nitrogen and oxygen atoms in total. The average molecular weight is 416 g/mol. The molecule has 154 valence electrons. The van der Waals surface area contributed by atoms with E-state index in [1.54, 1.807) is 48.5 Å². The normalized spacial score (nSPS) is 10.6. The van der Waals surface area contributed by atoms with Gasteiger partial charge in [-0.25, -0.2) is 4.79 Å². The van der Waals surface area contributed by atoms with Crippen LogP contribution in [-0.4, -0.2) is 36.2 Å². The molecule has 29 heavy (non-hydrogen) atoms. The number of amides is 2. The molecule has 2 rings (SSSR count). The number of ether oxygens (including phenoxy) is 2. The molecule has 0 heterocycles. The van der Waals surface area contributed by atoms with Crippen molar-refractivity contribution in [2.24, 2.45) is 5.73 Å². The Balaban J connectivity index is 1.86. The van der Waals surface area contributed by atoms with Crippen molar-refractivity contribution in [3.8, 4) is 0 Å². The Morgan fingerprint density at radius 2 is 1.76 bits per heavy atom. The van der Waals surface area contributed by atoms with Gasteiger partial charge in [-0.1, -0.05) is 24.3 Å². The number of rotatable bonds is 10. The topological polar surface area (TPSA) is 108 Å². The van der Waals surface area contributed by atoms with Crippen LogP contribution in [0.25, 0.3) is 0 Å². The van der Waals surface area contributed by atoms with Gasteiger partial charge in [0, 0.05) is 4.90 Å². The third-order valence-corrected chi connectivity index (χ3v) is 4.73. The number of primary amides is 1. The van der Waals surface area contributed by atoms with Crippen molar-refractivity contribution in [1.82, 2.24) is 0 Å². The molecular weight excluding hydrogens is 392 g/mol. The van der Waals surface area contributed by atoms with Crippen LogP contribution in [0.3, 0.4) is 0 Å². The predicted molar refractivity (Wildman–Crippen MR) is 112 cm³/mol. The summed E-state index contributed by atoms with van der Waals surface area (Å²) < 4.78 is 10.6. The number of carbonyl (C=O) groups is 3. The summed E-state index contributed by atoms with van der Waals surface area (Å²) in [6.45, 7) is 3.94. The van der Waals surface area contributed by atoms with Crippen LogP contribution in [-0.2, 0) is 25.7 Å². The summed E-state index contributed by atoms with van der Waals surface area (Å²) in [5, 5.41) is 2.67. The summed E-state index contributed by atoms with van der Waals surface area (Å²) >= 11 is 1.22. The molecule has 3 N–H and O–H groups in total. The fraction of sp³-hybridized carbons (Fsp3) is 0.286. The standard InChI is InChI=1S/C21H24N2O5S/c1-14(2)27-11-15-7-9-16(10-8-15)21(26)28-12-20(25)23-17-5-3-4-6-18(17)29-13-19(22)24/h3-10,14H,11-13H2,1-2H3,(H2,22,24)(H,23,25). The van der Waals surface area contributed by atoms with Gasteiger partial charge < -0.3 is 20.5 Å². The van der Waals surface area contributed by atoms with Gasteiger partial charge in [0.1, 0.15) is 0 Å². The van der Waals surface area contributed by atoms with E-state index in [0.29, 0.717) is 22.8 Å². The molecule has 0 aromatic heterocycles. The molecule has 0 spiro atoms. The summed E-state index contributed by atoms with van der Waals surface area (Å²) in [7, 11) is 0. The van der Waals surface area contributed by atoms with Crippen LogP contribution >= 0.6 is 11.8 Å². The highest BCUT2D eigenvalue weighted by atomic mass is 32.2. The maximum absolute atomic E-state index is 12.1. The molecule has 0 bridgehead atoms. The van der Waals surface area contributed by atoms with Crippen molar-refractivity contribution in [1.29, 1.82) is 0 Å². The quantitative estimate of drug-likeness (QED) is 0.455. The van der Waals surface area contributed by atoms with Crippen molar-refractivity contribution in [3.63, 3.8) is 0 Å². The Labute approximate surface area is 173 Å². The lowest BCUT2D eigenvalue weighted by molar-refractivity contribution is -0.119. The lowest BCUT2D eigenvalue weighted by Gasteiger charge is -2.11. The summed E-state index contributed by atoms with van der Waals surface area (Å²) in [6.07, 6.45) is 0.123. The first-order valence-corrected chi connectivity index (χ1v) is 10.0. The van der Waals surface area contributed by atoms with Gasteiger partial charge in [0.05, 0.1) is 29.7 Å². The van der Waals surface area contributed by atoms with E-state index in [2.05, 4.69) is 5.32 Å². The minimum Gasteiger partial charge on any atom is -0.452 e. The number of esters is 1. The largest absolute Gasteiger partial charge is 0.452 e. The number of hydrogen-bond donors (Lipinski definition) is 2. The van der Waals surface area contributed by atoms with Crippen LogP contribution in [0.15, 0.2) is 53.4 Å². The smallest absolute Gasteiger partial charge is 0.338 e. The summed E-state index contributed by atoms with van der Waals surface area (Å²) in [4.78, 5) is 35.9. The molecule has 0 aliphatic carbocycles. The molecule has 0 fully saturated rings. The fourth-order valence-corrected chi connectivity index (χ4v) is 2.99. The van der Waals surface area contributed by atoms with Gasteiger partial charge in [-0.2, -0.15) is 0 Å². The molecule has 2 amide bonds. The Morgan fingerprint density at radius 1 is 1.07 bits per heavy atom. The number of nitrogens with two attached hydrogens (primary N) is 1. The van der Waals surface area contributed by atoms with Crippen LogP contribution in [0.4, 0.5) is 5.69 Å². The minimum atomic E-state index is -0.590. The van der Waals surface area contributed by atoms with E-state index in [1.165, 1.54) is 11.8 Å². The lowest BCUT2D eigenvalue weighted by Crippen LogP contribution is -2.21. The van der Waals surface area contributed by atoms with Gasteiger partial charge in [0.15, 0.2) is 6.61 Å². The van der Waals surface area contributed by atoms with Crippen LogP contribution in [0.5, 0.6) is 0 Å². The van der Waals surface area contributed by atoms with Crippen LogP contribution < -0.4 is 11.1 Å². The monoisotopic (exact) mass is 416 g/mol. The SMILES string of the molecule is CC(C)OCc1ccc(C(=O)OCC(=O)Nc2ccccc2SCC(N)=O)cc1. The van der Waals surface area contributed by atoms with E-state index >= 15 is 0 Å². The molecule has 2 aromatic carbocycles. The zero-order valence-electron chi connectivity index (χ0n) is 16.3. The van der Waals surface area contributed by atoms with Gasteiger partial charge in [-0.05, 0) is 43.7 Å². The second kappa shape index (κ2) is 11.2. The average Bonchev–Trinajstić information content (AvgIpc) is 2.70. The highest BCUT2D eigenvalue weighted by Gasteiger charge is 2.12. The van der Waals surface area contributed by atoms with Gasteiger partial charge >= 0.3 is 5.97 Å². The summed E-state index contributed by atoms with van der Waals surface area (Å²) in [6, 6.07) is 13.8. The maximum atomic E-state index is 12.1. The second-order valence-electron chi connectivity index (χ2n) is 6.43. The molecule has 0 atom stereocenters. The first-order chi connectivity index (χ1) is 13.8. The zero-order valence-corrected chi connectivity index (χ0v) is 17.2. The lowest BCUT2D eigenvalue weighted by atomic mass is 10.1. The molecule has 2 aromatic rings. The second-order valence-corrected chi connectivity index (χ2v) is 7.45. The molecule has 0 radical (unpaired) electrons. The Morgan fingerprint density at radius 3 is 2.41 bits per heavy atom. The Kier molecular flexibility index (Phi) is 8.69. The van der Waals surface area contributed by atoms with Gasteiger partial charge in [-0.15, -0.1) is 11.8 Å². The molecule has 0 unspecified atom stereocenters. The number of nitrogens with one attached hydrogen (secondary N) is 1. The van der Waals surface area contributed by atoms with E-state index in [9.17, 15) is 14.4 Å². The van der Waals surface area contributed by atoms with E-state index < -0.39 is 24.4 Å². The molecule has 0 saturated carbocycles. The van der Waals surface area contributed by atoms with Crippen molar-refractivity contribution >= 4 is 35.2 Å². The molecule has 8 heteroatoms. The summed E-state index contributed by atoms with van der Waals surface area (Å²) in [5.74, 6) is -1.42. The van der Waals surface area contributed by atoms with Gasteiger partial charge in [-0.3, -0.25) is 9.59 Å². The number of thioether (sulfide) groups is 1. The number of benzene rings is 2. The number of anilines is 1. The minimum absolute atomic E-state index is 0.0973. The molecular formula is C21H24N2O5S. The first-order valence-electron chi connectivity index (χ1n) is 9.03. The van der Waals surface area contributed by atoms with Crippen LogP contribution in [0.2, 0.25) is 0 Å². The van der Waals surface area contributed by atoms with Crippen LogP contribution in [0, 0.1) is 0 Å². The molecule has 0 saturated heterocycles. The Hall–Kier alpha value is -2.84. The predicted octanol–water partition coefficient (Wildman–Crippen LogP) is 2.98. The third kappa shape index (κ3) is 7.97. The van der Waals surface area contributed by atoms with Gasteiger partial charge in [0.25, 0.3) is 5.91 Å². The molecule has 0 aliphatic heterocycles. The first kappa shape index (κ1) is 22.4. The third-order valence-electron chi connectivity index (χ3n) is 3.64. The highest BCUT2D eigenvalue weighted by Crippen LogP contribution is 2.26. The van der Waals surface area contributed by atoms with Crippen molar-refractivity contribution in [2.75, 3.05) is 17.7 Å². The van der Waals surface area contributed by atoms with E-state index in [-0.39, 0.29) is 11.9 Å². The summed E-state index contributed by atoms with van der Waals surface area (Å²) in [5.41, 5.74) is 6.97.